The second-order valence-corrected chi connectivity index (χ2v) is 10.8. The lowest BCUT2D eigenvalue weighted by Gasteiger charge is -2.34. The molecule has 3 aromatic carbocycles. The third kappa shape index (κ3) is 7.96. The van der Waals surface area contributed by atoms with Crippen molar-refractivity contribution in [2.24, 2.45) is 0 Å². The standard InChI is InChI=1S/C34H33ClFN3O3/c1-24-3-5-26(6-4-24)22-38-15-17-39(18-16-38)33(40)14-9-28-19-25(2)34(31(35)20-28)42-32-13-12-30(21-37-32)41-23-27-7-10-29(36)11-8-27/h3-14,19-21H,15-18,22-23H2,1-2H3/b14-9+. The fraction of sp³-hybridized carbons (Fsp3) is 0.235. The number of carbonyl (C=O) groups excluding carboxylic acids is 1. The van der Waals surface area contributed by atoms with Crippen molar-refractivity contribution in [3.05, 3.63) is 124 Å². The minimum absolute atomic E-state index is 0.00924. The van der Waals surface area contributed by atoms with E-state index in [4.69, 9.17) is 21.1 Å². The van der Waals surface area contributed by atoms with Gasteiger partial charge in [-0.25, -0.2) is 9.37 Å². The maximum atomic E-state index is 13.1. The van der Waals surface area contributed by atoms with Crippen molar-refractivity contribution >= 4 is 23.6 Å². The minimum atomic E-state index is -0.285. The molecule has 0 unspecified atom stereocenters. The minimum Gasteiger partial charge on any atom is -0.487 e. The normalized spacial score (nSPS) is 13.9. The Balaban J connectivity index is 1.12. The smallest absolute Gasteiger partial charge is 0.246 e. The van der Waals surface area contributed by atoms with Crippen LogP contribution in [0.3, 0.4) is 0 Å². The van der Waals surface area contributed by atoms with Gasteiger partial charge in [0, 0.05) is 44.9 Å². The van der Waals surface area contributed by atoms with Gasteiger partial charge in [0.05, 0.1) is 11.2 Å². The summed E-state index contributed by atoms with van der Waals surface area (Å²) in [5, 5.41) is 0.422. The van der Waals surface area contributed by atoms with Crippen molar-refractivity contribution in [3.63, 3.8) is 0 Å². The molecule has 1 aromatic heterocycles. The third-order valence-electron chi connectivity index (χ3n) is 7.12. The number of pyridine rings is 1. The molecule has 6 nitrogen and oxygen atoms in total. The highest BCUT2D eigenvalue weighted by Gasteiger charge is 2.20. The van der Waals surface area contributed by atoms with Crippen LogP contribution in [-0.4, -0.2) is 46.9 Å². The van der Waals surface area contributed by atoms with Gasteiger partial charge >= 0.3 is 0 Å². The zero-order valence-corrected chi connectivity index (χ0v) is 24.5. The molecule has 1 saturated heterocycles. The molecule has 0 radical (unpaired) electrons. The summed E-state index contributed by atoms with van der Waals surface area (Å²) in [7, 11) is 0. The summed E-state index contributed by atoms with van der Waals surface area (Å²) < 4.78 is 24.7. The Bertz CT molecular complexity index is 1510. The molecule has 216 valence electrons. The molecule has 1 fully saturated rings. The van der Waals surface area contributed by atoms with Crippen LogP contribution in [0.1, 0.15) is 27.8 Å². The Kier molecular flexibility index (Phi) is 9.52. The van der Waals surface area contributed by atoms with Crippen molar-refractivity contribution in [3.8, 4) is 17.4 Å². The molecule has 8 heteroatoms. The number of rotatable bonds is 9. The monoisotopic (exact) mass is 585 g/mol. The van der Waals surface area contributed by atoms with Gasteiger partial charge in [-0.1, -0.05) is 53.6 Å². The van der Waals surface area contributed by atoms with E-state index in [0.717, 1.165) is 36.3 Å². The number of hydrogen-bond donors (Lipinski definition) is 0. The van der Waals surface area contributed by atoms with E-state index in [1.165, 1.54) is 23.3 Å². The van der Waals surface area contributed by atoms with Crippen LogP contribution in [0.2, 0.25) is 5.02 Å². The Morgan fingerprint density at radius 2 is 1.67 bits per heavy atom. The van der Waals surface area contributed by atoms with Crippen LogP contribution in [-0.2, 0) is 17.9 Å². The van der Waals surface area contributed by atoms with Crippen LogP contribution >= 0.6 is 11.6 Å². The van der Waals surface area contributed by atoms with Gasteiger partial charge in [-0.3, -0.25) is 9.69 Å². The van der Waals surface area contributed by atoms with Gasteiger partial charge in [-0.05, 0) is 72.5 Å². The molecule has 0 bridgehead atoms. The first-order valence-electron chi connectivity index (χ1n) is 13.9. The maximum absolute atomic E-state index is 13.1. The number of carbonyl (C=O) groups is 1. The molecule has 1 amide bonds. The number of aromatic nitrogens is 1. The number of aryl methyl sites for hydroxylation is 2. The van der Waals surface area contributed by atoms with E-state index >= 15 is 0 Å². The first kappa shape index (κ1) is 29.3. The summed E-state index contributed by atoms with van der Waals surface area (Å²) in [6.07, 6.45) is 4.95. The second-order valence-electron chi connectivity index (χ2n) is 10.4. The third-order valence-corrected chi connectivity index (χ3v) is 7.40. The quantitative estimate of drug-likeness (QED) is 0.194. The van der Waals surface area contributed by atoms with Gasteiger partial charge in [-0.2, -0.15) is 0 Å². The summed E-state index contributed by atoms with van der Waals surface area (Å²) in [4.78, 5) is 21.4. The summed E-state index contributed by atoms with van der Waals surface area (Å²) in [5.74, 6) is 1.14. The highest BCUT2D eigenvalue weighted by Crippen LogP contribution is 2.34. The van der Waals surface area contributed by atoms with Gasteiger partial charge < -0.3 is 14.4 Å². The average molecular weight is 586 g/mol. The van der Waals surface area contributed by atoms with E-state index in [9.17, 15) is 9.18 Å². The molecule has 42 heavy (non-hydrogen) atoms. The molecule has 4 aromatic rings. The van der Waals surface area contributed by atoms with E-state index in [2.05, 4.69) is 41.1 Å². The molecule has 0 aliphatic carbocycles. The van der Waals surface area contributed by atoms with Gasteiger partial charge in [0.2, 0.25) is 11.8 Å². The molecule has 0 saturated carbocycles. The van der Waals surface area contributed by atoms with Gasteiger partial charge in [0.15, 0.2) is 5.75 Å². The summed E-state index contributed by atoms with van der Waals surface area (Å²) in [6.45, 7) is 8.28. The molecule has 0 atom stereocenters. The first-order valence-corrected chi connectivity index (χ1v) is 14.3. The summed E-state index contributed by atoms with van der Waals surface area (Å²) in [5.41, 5.74) is 5.03. The molecular weight excluding hydrogens is 553 g/mol. The number of nitrogens with zero attached hydrogens (tertiary/aromatic N) is 3. The van der Waals surface area contributed by atoms with E-state index in [-0.39, 0.29) is 11.7 Å². The lowest BCUT2D eigenvalue weighted by atomic mass is 10.1. The number of halogens is 2. The van der Waals surface area contributed by atoms with Gasteiger partial charge in [-0.15, -0.1) is 0 Å². The lowest BCUT2D eigenvalue weighted by molar-refractivity contribution is -0.127. The second kappa shape index (κ2) is 13.6. The van der Waals surface area contributed by atoms with E-state index in [0.29, 0.717) is 42.1 Å². The molecule has 5 rings (SSSR count). The molecular formula is C34H33ClFN3O3. The van der Waals surface area contributed by atoms with Crippen molar-refractivity contribution in [2.75, 3.05) is 26.2 Å². The highest BCUT2D eigenvalue weighted by atomic mass is 35.5. The summed E-state index contributed by atoms with van der Waals surface area (Å²) >= 11 is 6.56. The SMILES string of the molecule is Cc1ccc(CN2CCN(C(=O)/C=C/c3cc(C)c(Oc4ccc(OCc5ccc(F)cc5)cn4)c(Cl)c3)CC2)cc1. The number of amides is 1. The lowest BCUT2D eigenvalue weighted by Crippen LogP contribution is -2.47. The molecule has 2 heterocycles. The van der Waals surface area contributed by atoms with Crippen molar-refractivity contribution in [1.29, 1.82) is 0 Å². The Morgan fingerprint density at radius 3 is 2.33 bits per heavy atom. The Labute approximate surface area is 251 Å². The molecule has 1 aliphatic heterocycles. The van der Waals surface area contributed by atoms with Crippen LogP contribution in [0, 0.1) is 19.7 Å². The predicted molar refractivity (Wildman–Crippen MR) is 163 cm³/mol. The first-order chi connectivity index (χ1) is 20.3. The number of benzene rings is 3. The largest absolute Gasteiger partial charge is 0.487 e. The summed E-state index contributed by atoms with van der Waals surface area (Å²) in [6, 6.07) is 21.9. The molecule has 0 spiro atoms. The van der Waals surface area contributed by atoms with Crippen LogP contribution in [0.25, 0.3) is 6.08 Å². The van der Waals surface area contributed by atoms with Crippen LogP contribution in [0.15, 0.2) is 85.1 Å². The van der Waals surface area contributed by atoms with Crippen LogP contribution in [0.4, 0.5) is 4.39 Å². The predicted octanol–water partition coefficient (Wildman–Crippen LogP) is 7.22. The molecule has 0 N–H and O–H groups in total. The van der Waals surface area contributed by atoms with Crippen LogP contribution < -0.4 is 9.47 Å². The molecule has 1 aliphatic rings. The number of hydrogen-bond acceptors (Lipinski definition) is 5. The number of piperazine rings is 1. The zero-order chi connectivity index (χ0) is 29.5. The van der Waals surface area contributed by atoms with Crippen molar-refractivity contribution < 1.29 is 18.7 Å². The van der Waals surface area contributed by atoms with Crippen molar-refractivity contribution in [2.45, 2.75) is 27.0 Å². The van der Waals surface area contributed by atoms with Gasteiger partial charge in [0.25, 0.3) is 0 Å². The van der Waals surface area contributed by atoms with Gasteiger partial charge in [0.1, 0.15) is 18.2 Å². The zero-order valence-electron chi connectivity index (χ0n) is 23.7. The van der Waals surface area contributed by atoms with E-state index in [1.807, 2.05) is 17.9 Å². The van der Waals surface area contributed by atoms with E-state index < -0.39 is 0 Å². The Morgan fingerprint density at radius 1 is 0.952 bits per heavy atom. The van der Waals surface area contributed by atoms with Crippen molar-refractivity contribution in [1.82, 2.24) is 14.8 Å². The number of ether oxygens (including phenoxy) is 2. The topological polar surface area (TPSA) is 54.9 Å². The average Bonchev–Trinajstić information content (AvgIpc) is 2.99. The van der Waals surface area contributed by atoms with E-state index in [1.54, 1.807) is 48.7 Å². The fourth-order valence-electron chi connectivity index (χ4n) is 4.70. The van der Waals surface area contributed by atoms with Crippen LogP contribution in [0.5, 0.6) is 17.4 Å². The Hall–Kier alpha value is -4.20. The maximum Gasteiger partial charge on any atom is 0.246 e. The highest BCUT2D eigenvalue weighted by molar-refractivity contribution is 6.32. The fourth-order valence-corrected chi connectivity index (χ4v) is 5.01.